The fraction of sp³-hybridized carbons (Fsp3) is 0.402. The fourth-order valence-electron chi connectivity index (χ4n) is 18.6. The molecule has 31 heteroatoms. The Labute approximate surface area is 726 Å². The molecule has 5 unspecified atom stereocenters. The molecule has 9 fully saturated rings. The summed E-state index contributed by atoms with van der Waals surface area (Å²) < 4.78 is 81.8. The highest BCUT2D eigenvalue weighted by atomic mass is 79.9. The SMILES string of the molecule is O=C1C[C@H]2CC[C@@H](C1)C2OCc1c(-c2c(Cl)cccc2Cl)noc1C1CC1.[C-]#[N+]c1cc(F)c2nc(Br)sc2c1.[C-]#[N+]c1cc(F)c2nc(C3(O)C[C@H]4CC[C@@H](C3)C4OCc3c(-c4c(Cl)cccc4Cl)noc3C3CC3)sc2c1.[C-]#[N+]c1cc(F)c2nc(C3(O)C[C@H]4CC[C@@H](C3)C4OCc3c(-c4c(Cl)cccc4Cl)noc3C3CC3)sc2c1. The Balaban J connectivity index is 0.000000115. The summed E-state index contributed by atoms with van der Waals surface area (Å²) in [5, 5.41) is 40.7. The van der Waals surface area contributed by atoms with Crippen molar-refractivity contribution >= 4 is 173 Å². The second-order valence-electron chi connectivity index (χ2n) is 32.3. The highest BCUT2D eigenvalue weighted by Crippen LogP contribution is 2.58. The van der Waals surface area contributed by atoms with Crippen molar-refractivity contribution in [3.05, 3.63) is 221 Å². The molecule has 6 aromatic carbocycles. The lowest BCUT2D eigenvalue weighted by Gasteiger charge is -2.40. The van der Waals surface area contributed by atoms with E-state index >= 15 is 0 Å². The van der Waals surface area contributed by atoms with E-state index in [1.165, 1.54) is 52.2 Å². The van der Waals surface area contributed by atoms with Gasteiger partial charge in [0.2, 0.25) is 0 Å². The van der Waals surface area contributed by atoms with Gasteiger partial charge in [-0.2, -0.15) is 0 Å². The molecule has 6 aromatic heterocycles. The Hall–Kier alpha value is -7.43. The number of aromatic nitrogens is 6. The lowest BCUT2D eigenvalue weighted by molar-refractivity contribution is -0.127. The van der Waals surface area contributed by atoms with Crippen LogP contribution in [0.2, 0.25) is 30.1 Å². The predicted molar refractivity (Wildman–Crippen MR) is 452 cm³/mol. The Morgan fingerprint density at radius 1 is 0.441 bits per heavy atom. The smallest absolute Gasteiger partial charge is 0.191 e. The average molecular weight is 1830 g/mol. The molecule has 118 heavy (non-hydrogen) atoms. The van der Waals surface area contributed by atoms with Crippen molar-refractivity contribution < 1.29 is 56.0 Å². The zero-order valence-electron chi connectivity index (χ0n) is 62.7. The van der Waals surface area contributed by atoms with E-state index in [1.807, 2.05) is 18.2 Å². The Morgan fingerprint density at radius 2 is 0.729 bits per heavy atom. The molecule has 0 spiro atoms. The van der Waals surface area contributed by atoms with E-state index < -0.39 is 28.7 Å². The van der Waals surface area contributed by atoms with Crippen LogP contribution < -0.4 is 0 Å². The molecule has 0 amide bonds. The van der Waals surface area contributed by atoms with Crippen molar-refractivity contribution in [1.82, 2.24) is 30.4 Å². The topological polar surface area (TPSA) is 215 Å². The molecule has 9 saturated carbocycles. The molecule has 21 rings (SSSR count). The van der Waals surface area contributed by atoms with Crippen molar-refractivity contribution in [1.29, 1.82) is 0 Å². The summed E-state index contributed by atoms with van der Waals surface area (Å²) in [6.45, 7) is 22.3. The number of ketones is 1. The molecular weight excluding hydrogens is 1760 g/mol. The number of thiazole rings is 3. The quantitative estimate of drug-likeness (QED) is 0.0811. The van der Waals surface area contributed by atoms with E-state index in [4.69, 9.17) is 117 Å². The first-order chi connectivity index (χ1) is 57.0. The van der Waals surface area contributed by atoms with Crippen LogP contribution >= 0.6 is 120 Å². The van der Waals surface area contributed by atoms with Crippen molar-refractivity contribution in [2.45, 2.75) is 183 Å². The number of rotatable bonds is 17. The number of ether oxygens (including phenoxy) is 3. The van der Waals surface area contributed by atoms with Gasteiger partial charge in [-0.15, -0.1) is 34.0 Å². The van der Waals surface area contributed by atoms with Gasteiger partial charge in [0.05, 0.1) is 88.0 Å². The monoisotopic (exact) mass is 1830 g/mol. The third-order valence-corrected chi connectivity index (χ3v) is 30.2. The minimum Gasteiger partial charge on any atom is -0.383 e. The lowest BCUT2D eigenvalue weighted by Crippen LogP contribution is -2.42. The maximum absolute atomic E-state index is 14.6. The van der Waals surface area contributed by atoms with Gasteiger partial charge in [-0.05, 0) is 227 Å². The molecule has 606 valence electrons. The number of nitrogens with zero attached hydrogens (tertiary/aromatic N) is 9. The van der Waals surface area contributed by atoms with E-state index in [1.54, 1.807) is 54.6 Å². The molecule has 0 radical (unpaired) electrons. The molecule has 6 bridgehead atoms. The van der Waals surface area contributed by atoms with Crippen LogP contribution in [0.15, 0.2) is 108 Å². The van der Waals surface area contributed by atoms with Gasteiger partial charge in [-0.1, -0.05) is 103 Å². The van der Waals surface area contributed by atoms with Gasteiger partial charge < -0.3 is 38.0 Å². The number of benzene rings is 6. The molecule has 18 nitrogen and oxygen atoms in total. The third kappa shape index (κ3) is 16.2. The van der Waals surface area contributed by atoms with Crippen LogP contribution in [0, 0.1) is 72.7 Å². The molecule has 12 aromatic rings. The normalized spacial score (nSPS) is 24.8. The first-order valence-electron chi connectivity index (χ1n) is 39.2. The molecule has 6 heterocycles. The van der Waals surface area contributed by atoms with Gasteiger partial charge in [0.25, 0.3) is 0 Å². The van der Waals surface area contributed by atoms with Gasteiger partial charge in [0.15, 0.2) is 21.0 Å². The highest BCUT2D eigenvalue weighted by molar-refractivity contribution is 9.11. The van der Waals surface area contributed by atoms with Gasteiger partial charge in [-0.3, -0.25) is 4.79 Å². The van der Waals surface area contributed by atoms with E-state index in [0.29, 0.717) is 197 Å². The van der Waals surface area contributed by atoms with Crippen LogP contribution in [0.3, 0.4) is 0 Å². The number of carbonyl (C=O) groups is 1. The van der Waals surface area contributed by atoms with Gasteiger partial charge in [0.1, 0.15) is 95.4 Å². The number of fused-ring (bicyclic) bond motifs is 9. The van der Waals surface area contributed by atoms with Gasteiger partial charge in [0, 0.05) is 78.1 Å². The van der Waals surface area contributed by atoms with Crippen molar-refractivity contribution in [3.8, 4) is 33.8 Å². The first kappa shape index (κ1) is 81.6. The summed E-state index contributed by atoms with van der Waals surface area (Å²) >= 11 is 45.9. The van der Waals surface area contributed by atoms with Crippen LogP contribution in [-0.4, -0.2) is 64.7 Å². The van der Waals surface area contributed by atoms with E-state index in [0.717, 1.165) is 111 Å². The summed E-state index contributed by atoms with van der Waals surface area (Å²) in [6, 6.07) is 24.7. The van der Waals surface area contributed by atoms with Crippen molar-refractivity contribution in [2.24, 2.45) is 35.5 Å². The molecule has 0 saturated heterocycles. The summed E-state index contributed by atoms with van der Waals surface area (Å²) in [5.41, 5.74) is 5.94. The maximum Gasteiger partial charge on any atom is 0.191 e. The minimum absolute atomic E-state index is 0.0263. The maximum atomic E-state index is 14.6. The summed E-state index contributed by atoms with van der Waals surface area (Å²) in [5.74, 6) is 3.83. The third-order valence-electron chi connectivity index (χ3n) is 24.5. The lowest BCUT2D eigenvalue weighted by atomic mass is 9.76. The molecule has 11 atom stereocenters. The first-order valence-corrected chi connectivity index (χ1v) is 44.7. The summed E-state index contributed by atoms with van der Waals surface area (Å²) in [6.07, 6.45) is 15.8. The fourth-order valence-corrected chi connectivity index (χ4v) is 24.1. The number of carbonyl (C=O) groups excluding carboxylic acids is 1. The zero-order chi connectivity index (χ0) is 81.7. The van der Waals surface area contributed by atoms with E-state index in [2.05, 4.69) is 60.9 Å². The molecule has 9 aliphatic rings. The van der Waals surface area contributed by atoms with E-state index in [-0.39, 0.29) is 64.4 Å². The highest BCUT2D eigenvalue weighted by Gasteiger charge is 2.54. The summed E-state index contributed by atoms with van der Waals surface area (Å²) in [4.78, 5) is 34.7. The number of hydrogen-bond donors (Lipinski definition) is 2. The molecule has 9 aliphatic carbocycles. The standard InChI is InChI=1S/2C29H24Cl2FN3O3S.C21H21Cl2NO3.C8H2BrFN2S/c2*1-33-17-9-21(32)25-22(10-17)39-28(34-25)29(36)11-15-7-8-16(12-29)26(15)37-13-18-24(35-38-27(18)14-5-6-14)23-19(30)3-2-4-20(23)31;22-16-2-1-3-17(23)18(16)19-15(21(27-24-19)11-4-5-11)10-26-20-12-6-7-13(20)9-14(25)8-12;1-11-4-2-5(10)7-6(3-4)13-8(9)12-7/h2*2-4,9-10,14-16,26,36H,5-8,11-13H2;1-3,11-13,20H,4-10H2;2-3H/t2*15-,16+,26?,29?;12-,13+,20?;. The number of hydrogen-bond acceptors (Lipinski definition) is 18. The van der Waals surface area contributed by atoms with E-state index in [9.17, 15) is 28.2 Å². The van der Waals surface area contributed by atoms with Crippen LogP contribution in [0.1, 0.15) is 177 Å². The average Bonchev–Trinajstić information content (AvgIpc) is 1.59. The van der Waals surface area contributed by atoms with Crippen LogP contribution in [0.4, 0.5) is 30.2 Å². The molecule has 2 N–H and O–H groups in total. The second kappa shape index (κ2) is 33.4. The zero-order valence-corrected chi connectivity index (χ0v) is 71.3. The number of Topliss-reactive ketones (excluding diaryl/α,β-unsaturated/α-hetero) is 1. The Morgan fingerprint density at radius 3 is 1.03 bits per heavy atom. The Bertz CT molecular complexity index is 5740. The van der Waals surface area contributed by atoms with Crippen LogP contribution in [-0.2, 0) is 50.0 Å². The minimum atomic E-state index is -1.15. The molecule has 0 aliphatic heterocycles. The predicted octanol–water partition coefficient (Wildman–Crippen LogP) is 26.4. The second-order valence-corrected chi connectivity index (χ2v) is 39.2. The number of aliphatic hydroxyl groups is 2. The Kier molecular flexibility index (Phi) is 23.1. The van der Waals surface area contributed by atoms with Gasteiger partial charge in [-0.25, -0.2) is 42.7 Å². The summed E-state index contributed by atoms with van der Waals surface area (Å²) in [7, 11) is 0. The number of halogens is 10. The van der Waals surface area contributed by atoms with Crippen molar-refractivity contribution in [2.75, 3.05) is 0 Å². The van der Waals surface area contributed by atoms with Gasteiger partial charge >= 0.3 is 0 Å². The van der Waals surface area contributed by atoms with Crippen LogP contribution in [0.25, 0.3) is 79.0 Å². The van der Waals surface area contributed by atoms with Crippen molar-refractivity contribution in [3.63, 3.8) is 0 Å². The van der Waals surface area contributed by atoms with Crippen LogP contribution in [0.5, 0.6) is 0 Å². The largest absolute Gasteiger partial charge is 0.383 e. The molecular formula is C87H71BrCl6F3N9O9S3.